The summed E-state index contributed by atoms with van der Waals surface area (Å²) in [4.78, 5) is 25.8. The first-order valence-corrected chi connectivity index (χ1v) is 14.1. The Kier molecular flexibility index (Phi) is 5.06. The highest BCUT2D eigenvalue weighted by atomic mass is 32.2. The molecule has 1 amide bonds. The highest BCUT2D eigenvalue weighted by Crippen LogP contribution is 2.55. The van der Waals surface area contributed by atoms with Gasteiger partial charge in [-0.1, -0.05) is 13.3 Å². The second kappa shape index (κ2) is 7.86. The lowest BCUT2D eigenvalue weighted by Gasteiger charge is -2.40. The molecule has 1 aliphatic carbocycles. The number of carbonyl (C=O) groups excluding carboxylic acids is 1. The monoisotopic (exact) mass is 509 g/mol. The second-order valence-electron chi connectivity index (χ2n) is 10.3. The Morgan fingerprint density at radius 1 is 1.17 bits per heavy atom. The molecule has 1 saturated carbocycles. The molecule has 2 fully saturated rings. The molecule has 8 nitrogen and oxygen atoms in total. The molecule has 4 heterocycles. The van der Waals surface area contributed by atoms with Crippen LogP contribution in [0.1, 0.15) is 38.2 Å². The van der Waals surface area contributed by atoms with Gasteiger partial charge in [-0.25, -0.2) is 17.8 Å². The van der Waals surface area contributed by atoms with Crippen molar-refractivity contribution in [3.63, 3.8) is 0 Å². The fourth-order valence-corrected chi connectivity index (χ4v) is 6.40. The number of halogens is 1. The molecule has 0 radical (unpaired) electrons. The number of aromatic nitrogens is 2. The molecule has 0 unspecified atom stereocenters. The molecule has 0 atom stereocenters. The number of fused-ring (bicyclic) bond motifs is 4. The Hall–Kier alpha value is -3.27. The molecule has 1 aromatic carbocycles. The van der Waals surface area contributed by atoms with Crippen LogP contribution in [0.15, 0.2) is 30.6 Å². The molecule has 1 N–H and O–H groups in total. The van der Waals surface area contributed by atoms with E-state index in [1.165, 1.54) is 6.07 Å². The summed E-state index contributed by atoms with van der Waals surface area (Å²) in [7, 11) is -1.81. The number of nitrogens with one attached hydrogen (secondary N) is 1. The van der Waals surface area contributed by atoms with Crippen LogP contribution < -0.4 is 14.5 Å². The third-order valence-corrected chi connectivity index (χ3v) is 8.60. The van der Waals surface area contributed by atoms with Gasteiger partial charge in [0.05, 0.1) is 34.8 Å². The van der Waals surface area contributed by atoms with Gasteiger partial charge in [-0.15, -0.1) is 0 Å². The van der Waals surface area contributed by atoms with E-state index in [2.05, 4.69) is 21.6 Å². The number of nitrogens with zero attached hydrogens (tertiary/aromatic N) is 4. The third-order valence-electron chi connectivity index (χ3n) is 8.00. The minimum absolute atomic E-state index is 0.0644. The molecule has 3 aromatic rings. The third kappa shape index (κ3) is 3.37. The van der Waals surface area contributed by atoms with Crippen molar-refractivity contribution >= 4 is 44.0 Å². The molecular weight excluding hydrogens is 481 g/mol. The largest absolute Gasteiger partial charge is 0.354 e. The SMILES string of the molecule is CCC1CN(c2ncc(-c3cc4c5c(cnc4cc3F)N(C)C(=O)C53CCC3)cc2NS(C)(=O)=O)C1. The van der Waals surface area contributed by atoms with Crippen molar-refractivity contribution < 1.29 is 17.6 Å². The summed E-state index contributed by atoms with van der Waals surface area (Å²) in [6.45, 7) is 3.72. The van der Waals surface area contributed by atoms with E-state index < -0.39 is 21.3 Å². The van der Waals surface area contributed by atoms with Crippen LogP contribution in [0.3, 0.4) is 0 Å². The highest BCUT2D eigenvalue weighted by molar-refractivity contribution is 7.92. The zero-order valence-corrected chi connectivity index (χ0v) is 21.3. The standard InChI is InChI=1S/C26H28FN5O3S/c1-4-15-13-32(14-15)24-21(30-36(3,34)35)8-16(11-29-24)17-9-18-20(10-19(17)27)28-12-22-23(18)26(6-5-7-26)25(33)31(22)2/h8-12,15,30H,4-7,13-14H2,1-3H3. The first-order valence-electron chi connectivity index (χ1n) is 12.3. The van der Waals surface area contributed by atoms with Crippen LogP contribution >= 0.6 is 0 Å². The summed E-state index contributed by atoms with van der Waals surface area (Å²) in [5.74, 6) is 0.669. The number of carbonyl (C=O) groups is 1. The van der Waals surface area contributed by atoms with E-state index in [4.69, 9.17) is 0 Å². The van der Waals surface area contributed by atoms with Gasteiger partial charge in [0.25, 0.3) is 0 Å². The number of likely N-dealkylation sites (N-methyl/N-ethyl adjacent to an activating group) is 1. The summed E-state index contributed by atoms with van der Waals surface area (Å²) in [6, 6.07) is 4.76. The van der Waals surface area contributed by atoms with Crippen molar-refractivity contribution in [2.75, 3.05) is 40.9 Å². The summed E-state index contributed by atoms with van der Waals surface area (Å²) in [5.41, 5.74) is 2.67. The van der Waals surface area contributed by atoms with E-state index in [9.17, 15) is 13.2 Å². The fraction of sp³-hybridized carbons (Fsp3) is 0.423. The van der Waals surface area contributed by atoms with Crippen molar-refractivity contribution in [1.82, 2.24) is 9.97 Å². The number of benzene rings is 1. The normalized spacial score (nSPS) is 18.9. The lowest BCUT2D eigenvalue weighted by atomic mass is 9.64. The number of hydrogen-bond donors (Lipinski definition) is 1. The van der Waals surface area contributed by atoms with Crippen molar-refractivity contribution in [2.45, 2.75) is 38.0 Å². The minimum atomic E-state index is -3.58. The predicted octanol–water partition coefficient (Wildman–Crippen LogP) is 4.05. The highest BCUT2D eigenvalue weighted by Gasteiger charge is 2.54. The Balaban J connectivity index is 1.50. The summed E-state index contributed by atoms with van der Waals surface area (Å²) >= 11 is 0. The Labute approximate surface area is 209 Å². The fourth-order valence-electron chi connectivity index (χ4n) is 5.85. The molecule has 10 heteroatoms. The Morgan fingerprint density at radius 2 is 1.92 bits per heavy atom. The van der Waals surface area contributed by atoms with Gasteiger partial charge >= 0.3 is 0 Å². The maximum absolute atomic E-state index is 15.4. The van der Waals surface area contributed by atoms with Gasteiger partial charge < -0.3 is 9.80 Å². The van der Waals surface area contributed by atoms with Crippen LogP contribution in [0.4, 0.5) is 21.6 Å². The predicted molar refractivity (Wildman–Crippen MR) is 138 cm³/mol. The molecule has 0 bridgehead atoms. The van der Waals surface area contributed by atoms with Crippen LogP contribution in [0.25, 0.3) is 22.0 Å². The molecule has 1 saturated heterocycles. The van der Waals surface area contributed by atoms with Crippen LogP contribution in [-0.2, 0) is 20.2 Å². The molecular formula is C26H28FN5O3S. The van der Waals surface area contributed by atoms with E-state index in [1.807, 2.05) is 4.90 Å². The summed E-state index contributed by atoms with van der Waals surface area (Å²) < 4.78 is 42.2. The van der Waals surface area contributed by atoms with Crippen LogP contribution in [-0.4, -0.2) is 50.7 Å². The molecule has 3 aliphatic rings. The van der Waals surface area contributed by atoms with E-state index in [0.717, 1.165) is 61.7 Å². The maximum Gasteiger partial charge on any atom is 0.237 e. The molecule has 6 rings (SSSR count). The average Bonchev–Trinajstić information content (AvgIpc) is 3.00. The maximum atomic E-state index is 15.4. The number of amides is 1. The van der Waals surface area contributed by atoms with Crippen LogP contribution in [0.5, 0.6) is 0 Å². The van der Waals surface area contributed by atoms with Gasteiger partial charge in [0.15, 0.2) is 5.82 Å². The van der Waals surface area contributed by atoms with E-state index >= 15 is 4.39 Å². The van der Waals surface area contributed by atoms with Crippen molar-refractivity contribution in [3.05, 3.63) is 42.0 Å². The van der Waals surface area contributed by atoms with Crippen LogP contribution in [0, 0.1) is 11.7 Å². The number of pyridine rings is 2. The first kappa shape index (κ1) is 23.1. The zero-order valence-electron chi connectivity index (χ0n) is 20.5. The Morgan fingerprint density at radius 3 is 2.56 bits per heavy atom. The van der Waals surface area contributed by atoms with Gasteiger partial charge in [0.1, 0.15) is 5.82 Å². The van der Waals surface area contributed by atoms with Crippen molar-refractivity contribution in [2.24, 2.45) is 5.92 Å². The smallest absolute Gasteiger partial charge is 0.237 e. The first-order chi connectivity index (χ1) is 17.1. The van der Waals surface area contributed by atoms with Gasteiger partial charge in [-0.05, 0) is 37.3 Å². The summed E-state index contributed by atoms with van der Waals surface area (Å²) in [6.07, 6.45) is 7.87. The van der Waals surface area contributed by atoms with Crippen molar-refractivity contribution in [1.29, 1.82) is 0 Å². The van der Waals surface area contributed by atoms with Gasteiger partial charge in [-0.3, -0.25) is 14.5 Å². The lowest BCUT2D eigenvalue weighted by Crippen LogP contribution is -2.47. The number of rotatable bonds is 5. The quantitative estimate of drug-likeness (QED) is 0.558. The van der Waals surface area contributed by atoms with E-state index in [0.29, 0.717) is 34.1 Å². The molecule has 188 valence electrons. The van der Waals surface area contributed by atoms with E-state index in [-0.39, 0.29) is 5.91 Å². The zero-order chi connectivity index (χ0) is 25.4. The minimum Gasteiger partial charge on any atom is -0.354 e. The van der Waals surface area contributed by atoms with Gasteiger partial charge in [-0.2, -0.15) is 0 Å². The average molecular weight is 510 g/mol. The molecule has 36 heavy (non-hydrogen) atoms. The number of anilines is 3. The Bertz CT molecular complexity index is 1530. The number of sulfonamides is 1. The second-order valence-corrected chi connectivity index (χ2v) is 12.1. The summed E-state index contributed by atoms with van der Waals surface area (Å²) in [5, 5.41) is 0.747. The van der Waals surface area contributed by atoms with Gasteiger partial charge in [0, 0.05) is 54.5 Å². The van der Waals surface area contributed by atoms with E-state index in [1.54, 1.807) is 36.5 Å². The molecule has 1 spiro atoms. The molecule has 2 aliphatic heterocycles. The lowest BCUT2D eigenvalue weighted by molar-refractivity contribution is -0.125. The number of hydrogen-bond acceptors (Lipinski definition) is 6. The molecule has 2 aromatic heterocycles. The van der Waals surface area contributed by atoms with Crippen molar-refractivity contribution in [3.8, 4) is 11.1 Å². The van der Waals surface area contributed by atoms with Gasteiger partial charge in [0.2, 0.25) is 15.9 Å². The van der Waals surface area contributed by atoms with Crippen LogP contribution in [0.2, 0.25) is 0 Å². The topological polar surface area (TPSA) is 95.5 Å².